The van der Waals surface area contributed by atoms with Gasteiger partial charge in [0.2, 0.25) is 0 Å². The second-order valence-corrected chi connectivity index (χ2v) is 7.18. The van der Waals surface area contributed by atoms with Gasteiger partial charge in [-0.2, -0.15) is 0 Å². The molecule has 0 aromatic heterocycles. The molecule has 150 valence electrons. The summed E-state index contributed by atoms with van der Waals surface area (Å²) in [5.41, 5.74) is 3.41. The molecule has 29 heavy (non-hydrogen) atoms. The minimum absolute atomic E-state index is 0.544. The first kappa shape index (κ1) is 20.7. The Kier molecular flexibility index (Phi) is 8.40. The van der Waals surface area contributed by atoms with Crippen LogP contribution in [-0.2, 0) is 13.2 Å². The average molecular weight is 387 g/mol. The molecule has 0 spiro atoms. The van der Waals surface area contributed by atoms with Crippen LogP contribution in [0.5, 0.6) is 11.5 Å². The van der Waals surface area contributed by atoms with Gasteiger partial charge in [-0.1, -0.05) is 92.6 Å². The zero-order valence-electron chi connectivity index (χ0n) is 17.2. The molecule has 0 unspecified atom stereocenters. The Hall–Kier alpha value is -3.00. The van der Waals surface area contributed by atoms with E-state index >= 15 is 0 Å². The highest BCUT2D eigenvalue weighted by Gasteiger charge is 2.04. The second-order valence-electron chi connectivity index (χ2n) is 7.18. The standard InChI is InChI=1S/C27H30O2/c1-2-3-4-5-8-17-25-18-26(28-21-23-13-9-6-10-14-23)20-27(19-25)29-22-24-15-11-7-12-16-24/h6-20H,2-5,21-22H2,1H3. The quantitative estimate of drug-likeness (QED) is 0.319. The van der Waals surface area contributed by atoms with Gasteiger partial charge >= 0.3 is 0 Å². The van der Waals surface area contributed by atoms with Crippen molar-refractivity contribution in [1.82, 2.24) is 0 Å². The van der Waals surface area contributed by atoms with Crippen molar-refractivity contribution < 1.29 is 9.47 Å². The van der Waals surface area contributed by atoms with Crippen molar-refractivity contribution in [3.8, 4) is 11.5 Å². The third kappa shape index (κ3) is 7.50. The van der Waals surface area contributed by atoms with Crippen molar-refractivity contribution in [3.05, 3.63) is 102 Å². The minimum atomic E-state index is 0.544. The lowest BCUT2D eigenvalue weighted by Crippen LogP contribution is -1.98. The maximum absolute atomic E-state index is 6.06. The van der Waals surface area contributed by atoms with Gasteiger partial charge in [0.25, 0.3) is 0 Å². The van der Waals surface area contributed by atoms with Gasteiger partial charge in [-0.3, -0.25) is 0 Å². The number of unbranched alkanes of at least 4 members (excludes halogenated alkanes) is 3. The van der Waals surface area contributed by atoms with E-state index < -0.39 is 0 Å². The Morgan fingerprint density at radius 2 is 1.24 bits per heavy atom. The molecule has 3 aromatic rings. The van der Waals surface area contributed by atoms with E-state index in [2.05, 4.69) is 55.5 Å². The van der Waals surface area contributed by atoms with Gasteiger partial charge in [0.1, 0.15) is 24.7 Å². The number of rotatable bonds is 11. The molecule has 0 aliphatic heterocycles. The zero-order valence-corrected chi connectivity index (χ0v) is 17.2. The fourth-order valence-electron chi connectivity index (χ4n) is 3.07. The fraction of sp³-hybridized carbons (Fsp3) is 0.259. The van der Waals surface area contributed by atoms with Gasteiger partial charge in [0.05, 0.1) is 0 Å². The first-order valence-corrected chi connectivity index (χ1v) is 10.5. The molecule has 0 N–H and O–H groups in total. The molecule has 2 nitrogen and oxygen atoms in total. The van der Waals surface area contributed by atoms with E-state index in [-0.39, 0.29) is 0 Å². The van der Waals surface area contributed by atoms with Crippen LogP contribution in [0.3, 0.4) is 0 Å². The highest BCUT2D eigenvalue weighted by atomic mass is 16.5. The maximum Gasteiger partial charge on any atom is 0.124 e. The van der Waals surface area contributed by atoms with Gasteiger partial charge in [0.15, 0.2) is 0 Å². The molecule has 0 atom stereocenters. The summed E-state index contributed by atoms with van der Waals surface area (Å²) in [6.07, 6.45) is 9.26. The van der Waals surface area contributed by atoms with Gasteiger partial charge in [-0.25, -0.2) is 0 Å². The number of hydrogen-bond donors (Lipinski definition) is 0. The number of ether oxygens (including phenoxy) is 2. The van der Waals surface area contributed by atoms with Crippen molar-refractivity contribution >= 4 is 6.08 Å². The predicted molar refractivity (Wildman–Crippen MR) is 121 cm³/mol. The van der Waals surface area contributed by atoms with E-state index in [1.807, 2.05) is 42.5 Å². The smallest absolute Gasteiger partial charge is 0.124 e. The Labute approximate surface area is 174 Å². The van der Waals surface area contributed by atoms with E-state index in [1.54, 1.807) is 0 Å². The average Bonchev–Trinajstić information content (AvgIpc) is 2.77. The van der Waals surface area contributed by atoms with E-state index in [0.29, 0.717) is 13.2 Å². The first-order chi connectivity index (χ1) is 14.3. The van der Waals surface area contributed by atoms with Crippen molar-refractivity contribution in [1.29, 1.82) is 0 Å². The zero-order chi connectivity index (χ0) is 20.2. The largest absolute Gasteiger partial charge is 0.489 e. The van der Waals surface area contributed by atoms with E-state index in [9.17, 15) is 0 Å². The van der Waals surface area contributed by atoms with Gasteiger partial charge in [-0.05, 0) is 41.7 Å². The Balaban J connectivity index is 1.69. The third-order valence-electron chi connectivity index (χ3n) is 4.68. The Morgan fingerprint density at radius 1 is 0.690 bits per heavy atom. The molecule has 0 aliphatic carbocycles. The van der Waals surface area contributed by atoms with Crippen molar-refractivity contribution in [3.63, 3.8) is 0 Å². The van der Waals surface area contributed by atoms with Crippen LogP contribution in [0.4, 0.5) is 0 Å². The molecule has 2 heteroatoms. The van der Waals surface area contributed by atoms with E-state index in [1.165, 1.54) is 19.3 Å². The van der Waals surface area contributed by atoms with Crippen molar-refractivity contribution in [2.45, 2.75) is 45.8 Å². The van der Waals surface area contributed by atoms with Crippen LogP contribution in [0, 0.1) is 0 Å². The van der Waals surface area contributed by atoms with Crippen LogP contribution in [-0.4, -0.2) is 0 Å². The van der Waals surface area contributed by atoms with Crippen LogP contribution in [0.15, 0.2) is 84.9 Å². The SMILES string of the molecule is CCCCCC=Cc1cc(OCc2ccccc2)cc(OCc2ccccc2)c1. The summed E-state index contributed by atoms with van der Waals surface area (Å²) in [5.74, 6) is 1.65. The van der Waals surface area contributed by atoms with Crippen LogP contribution < -0.4 is 9.47 Å². The molecule has 0 amide bonds. The molecule has 0 radical (unpaired) electrons. The van der Waals surface area contributed by atoms with Crippen LogP contribution >= 0.6 is 0 Å². The van der Waals surface area contributed by atoms with Crippen LogP contribution in [0.25, 0.3) is 6.08 Å². The second kappa shape index (κ2) is 11.8. The first-order valence-electron chi connectivity index (χ1n) is 10.5. The minimum Gasteiger partial charge on any atom is -0.489 e. The van der Waals surface area contributed by atoms with Crippen molar-refractivity contribution in [2.75, 3.05) is 0 Å². The topological polar surface area (TPSA) is 18.5 Å². The Bertz CT molecular complexity index is 808. The highest BCUT2D eigenvalue weighted by molar-refractivity contribution is 5.55. The summed E-state index contributed by atoms with van der Waals surface area (Å²) in [5, 5.41) is 0. The summed E-state index contributed by atoms with van der Waals surface area (Å²) < 4.78 is 12.1. The molecule has 0 heterocycles. The maximum atomic E-state index is 6.06. The fourth-order valence-corrected chi connectivity index (χ4v) is 3.07. The molecule has 0 fully saturated rings. The monoisotopic (exact) mass is 386 g/mol. The Morgan fingerprint density at radius 3 is 1.76 bits per heavy atom. The number of hydrogen-bond acceptors (Lipinski definition) is 2. The molecule has 0 aliphatic rings. The molecule has 3 aromatic carbocycles. The number of benzene rings is 3. The molecule has 0 saturated heterocycles. The molecular formula is C27H30O2. The summed E-state index contributed by atoms with van der Waals surface area (Å²) in [7, 11) is 0. The lowest BCUT2D eigenvalue weighted by atomic mass is 10.1. The summed E-state index contributed by atoms with van der Waals surface area (Å²) >= 11 is 0. The molecular weight excluding hydrogens is 356 g/mol. The van der Waals surface area contributed by atoms with Crippen LogP contribution in [0.1, 0.15) is 49.3 Å². The number of allylic oxidation sites excluding steroid dienone is 1. The van der Waals surface area contributed by atoms with E-state index in [0.717, 1.165) is 34.6 Å². The summed E-state index contributed by atoms with van der Waals surface area (Å²) in [6, 6.07) is 26.6. The summed E-state index contributed by atoms with van der Waals surface area (Å²) in [6.45, 7) is 3.32. The van der Waals surface area contributed by atoms with E-state index in [4.69, 9.17) is 9.47 Å². The predicted octanol–water partition coefficient (Wildman–Crippen LogP) is 7.44. The van der Waals surface area contributed by atoms with Gasteiger partial charge in [0, 0.05) is 6.07 Å². The lowest BCUT2D eigenvalue weighted by Gasteiger charge is -2.12. The molecule has 0 saturated carbocycles. The molecule has 0 bridgehead atoms. The molecule has 3 rings (SSSR count). The normalized spacial score (nSPS) is 10.9. The van der Waals surface area contributed by atoms with Gasteiger partial charge in [-0.15, -0.1) is 0 Å². The van der Waals surface area contributed by atoms with Crippen molar-refractivity contribution in [2.24, 2.45) is 0 Å². The summed E-state index contributed by atoms with van der Waals surface area (Å²) in [4.78, 5) is 0. The highest BCUT2D eigenvalue weighted by Crippen LogP contribution is 2.26. The van der Waals surface area contributed by atoms with Crippen LogP contribution in [0.2, 0.25) is 0 Å². The third-order valence-corrected chi connectivity index (χ3v) is 4.68. The van der Waals surface area contributed by atoms with Gasteiger partial charge < -0.3 is 9.47 Å². The lowest BCUT2D eigenvalue weighted by molar-refractivity contribution is 0.290.